The van der Waals surface area contributed by atoms with Crippen molar-refractivity contribution >= 4 is 35.4 Å². The molecule has 19 heteroatoms. The number of ether oxygens (including phenoxy) is 10. The van der Waals surface area contributed by atoms with Gasteiger partial charge in [0.2, 0.25) is 11.8 Å². The third-order valence-corrected chi connectivity index (χ3v) is 7.92. The van der Waals surface area contributed by atoms with Gasteiger partial charge in [0.15, 0.2) is 0 Å². The van der Waals surface area contributed by atoms with Crippen LogP contribution in [-0.2, 0) is 57.0 Å². The maximum atomic E-state index is 13.2. The van der Waals surface area contributed by atoms with Crippen LogP contribution < -0.4 is 16.0 Å². The molecule has 0 bridgehead atoms. The first-order valence-electron chi connectivity index (χ1n) is 19.3. The van der Waals surface area contributed by atoms with E-state index in [-0.39, 0.29) is 24.0 Å². The molecule has 2 heterocycles. The summed E-state index contributed by atoms with van der Waals surface area (Å²) in [6, 6.07) is 3.89. The van der Waals surface area contributed by atoms with Gasteiger partial charge in [0.1, 0.15) is 11.6 Å². The molecule has 2 aliphatic rings. The van der Waals surface area contributed by atoms with E-state index >= 15 is 0 Å². The van der Waals surface area contributed by atoms with Crippen LogP contribution in [0.4, 0.5) is 10.5 Å². The second-order valence-electron chi connectivity index (χ2n) is 13.5. The maximum Gasteiger partial charge on any atom is 0.407 e. The third kappa shape index (κ3) is 19.5. The highest BCUT2D eigenvalue weighted by molar-refractivity contribution is 6.25. The largest absolute Gasteiger partial charge is 0.444 e. The van der Waals surface area contributed by atoms with Crippen LogP contribution in [0.25, 0.3) is 0 Å². The van der Waals surface area contributed by atoms with Crippen LogP contribution >= 0.6 is 0 Å². The predicted molar refractivity (Wildman–Crippen MR) is 203 cm³/mol. The molecule has 19 nitrogen and oxygen atoms in total. The average molecular weight is 813 g/mol. The fraction of sp³-hybridized carbons (Fsp3) is 0.711. The Hall–Kier alpha value is -3.79. The maximum absolute atomic E-state index is 13.2. The quantitative estimate of drug-likeness (QED) is 0.0688. The topological polar surface area (TPSA) is 217 Å². The molecule has 0 aromatic heterocycles. The molecule has 0 spiro atoms. The molecule has 3 N–H and O–H groups in total. The molecule has 1 fully saturated rings. The monoisotopic (exact) mass is 812 g/mol. The number of piperidine rings is 1. The number of alkyl carbamates (subject to hydrolysis) is 1. The smallest absolute Gasteiger partial charge is 0.407 e. The molecule has 322 valence electrons. The first kappa shape index (κ1) is 47.6. The van der Waals surface area contributed by atoms with E-state index in [1.54, 1.807) is 39.0 Å². The standard InChI is InChI=1S/C38H60N4O15/c1-38(2,3)57-37(47)40-10-12-49-14-16-51-18-20-53-22-24-55-26-28-56-27-25-54-23-21-52-19-17-50-15-13-48-11-9-39-30-6-4-5-29-33(30)36(46)42(35(29)45)31-7-8-32(43)41-34(31)44/h4-6,31,39H,7-28H2,1-3H3,(H,40,47)(H,41,43,44). The van der Waals surface area contributed by atoms with E-state index in [1.165, 1.54) is 0 Å². The Morgan fingerprint density at radius 3 is 1.53 bits per heavy atom. The molecular formula is C38H60N4O15. The van der Waals surface area contributed by atoms with Gasteiger partial charge in [0, 0.05) is 25.2 Å². The number of fused-ring (bicyclic) bond motifs is 1. The molecule has 1 saturated heterocycles. The van der Waals surface area contributed by atoms with Crippen molar-refractivity contribution in [3.63, 3.8) is 0 Å². The Balaban J connectivity index is 1.01. The Morgan fingerprint density at radius 1 is 0.649 bits per heavy atom. The molecule has 0 radical (unpaired) electrons. The number of hydrogen-bond acceptors (Lipinski definition) is 16. The van der Waals surface area contributed by atoms with E-state index in [1.807, 2.05) is 0 Å². The molecule has 1 unspecified atom stereocenters. The van der Waals surface area contributed by atoms with Gasteiger partial charge in [0.05, 0.1) is 130 Å². The number of carbonyl (C=O) groups is 5. The van der Waals surface area contributed by atoms with Crippen molar-refractivity contribution in [1.82, 2.24) is 15.5 Å². The van der Waals surface area contributed by atoms with Gasteiger partial charge in [-0.1, -0.05) is 6.07 Å². The van der Waals surface area contributed by atoms with Crippen molar-refractivity contribution in [2.45, 2.75) is 45.3 Å². The van der Waals surface area contributed by atoms with Gasteiger partial charge in [0.25, 0.3) is 11.8 Å². The minimum absolute atomic E-state index is 0.0624. The highest BCUT2D eigenvalue weighted by Gasteiger charge is 2.45. The summed E-state index contributed by atoms with van der Waals surface area (Å²) >= 11 is 0. The highest BCUT2D eigenvalue weighted by atomic mass is 16.6. The first-order valence-corrected chi connectivity index (χ1v) is 19.3. The summed E-state index contributed by atoms with van der Waals surface area (Å²) in [5, 5.41) is 7.95. The Labute approximate surface area is 333 Å². The summed E-state index contributed by atoms with van der Waals surface area (Å²) in [4.78, 5) is 62.4. The van der Waals surface area contributed by atoms with E-state index in [0.717, 1.165) is 4.90 Å². The van der Waals surface area contributed by atoms with Crippen LogP contribution in [0.15, 0.2) is 18.2 Å². The zero-order valence-corrected chi connectivity index (χ0v) is 33.4. The van der Waals surface area contributed by atoms with Gasteiger partial charge < -0.3 is 58.0 Å². The summed E-state index contributed by atoms with van der Waals surface area (Å²) in [6.07, 6.45) is -0.302. The van der Waals surface area contributed by atoms with Gasteiger partial charge in [-0.25, -0.2) is 4.79 Å². The first-order chi connectivity index (χ1) is 27.6. The number of hydrogen-bond donors (Lipinski definition) is 3. The fourth-order valence-corrected chi connectivity index (χ4v) is 5.32. The van der Waals surface area contributed by atoms with Crippen molar-refractivity contribution in [3.8, 4) is 0 Å². The minimum atomic E-state index is -1.01. The molecule has 5 amide bonds. The van der Waals surface area contributed by atoms with Gasteiger partial charge in [-0.3, -0.25) is 29.4 Å². The average Bonchev–Trinajstić information content (AvgIpc) is 3.42. The Bertz CT molecular complexity index is 1380. The van der Waals surface area contributed by atoms with Crippen molar-refractivity contribution < 1.29 is 71.3 Å². The molecule has 2 aliphatic heterocycles. The van der Waals surface area contributed by atoms with Crippen LogP contribution in [0, 0.1) is 0 Å². The van der Waals surface area contributed by atoms with E-state index in [9.17, 15) is 24.0 Å². The van der Waals surface area contributed by atoms with Crippen molar-refractivity contribution in [3.05, 3.63) is 29.3 Å². The van der Waals surface area contributed by atoms with Crippen LogP contribution in [0.1, 0.15) is 54.3 Å². The van der Waals surface area contributed by atoms with Crippen molar-refractivity contribution in [1.29, 1.82) is 0 Å². The number of nitrogens with one attached hydrogen (secondary N) is 3. The highest BCUT2D eigenvalue weighted by Crippen LogP contribution is 2.32. The summed E-state index contributed by atoms with van der Waals surface area (Å²) in [6.45, 7) is 13.8. The number of anilines is 1. The molecule has 0 saturated carbocycles. The fourth-order valence-electron chi connectivity index (χ4n) is 5.32. The molecule has 1 atom stereocenters. The normalized spacial score (nSPS) is 15.6. The summed E-state index contributed by atoms with van der Waals surface area (Å²) in [7, 11) is 0. The second kappa shape index (κ2) is 27.8. The molecular weight excluding hydrogens is 752 g/mol. The number of carbonyl (C=O) groups excluding carboxylic acids is 5. The van der Waals surface area contributed by atoms with Crippen LogP contribution in [0.2, 0.25) is 0 Å². The minimum Gasteiger partial charge on any atom is -0.444 e. The van der Waals surface area contributed by atoms with Gasteiger partial charge in [-0.15, -0.1) is 0 Å². The number of imide groups is 2. The van der Waals surface area contributed by atoms with Gasteiger partial charge in [-0.2, -0.15) is 0 Å². The lowest BCUT2D eigenvalue weighted by atomic mass is 10.0. The summed E-state index contributed by atoms with van der Waals surface area (Å²) < 4.78 is 54.5. The number of amides is 5. The van der Waals surface area contributed by atoms with Gasteiger partial charge in [-0.05, 0) is 39.3 Å². The van der Waals surface area contributed by atoms with Crippen molar-refractivity contribution in [2.75, 3.05) is 137 Å². The zero-order valence-electron chi connectivity index (χ0n) is 33.4. The Kier molecular flexibility index (Phi) is 23.2. The van der Waals surface area contributed by atoms with E-state index in [0.29, 0.717) is 138 Å². The number of rotatable bonds is 32. The molecule has 1 aromatic rings. The summed E-state index contributed by atoms with van der Waals surface area (Å²) in [5.41, 5.74) is 0.370. The van der Waals surface area contributed by atoms with Gasteiger partial charge >= 0.3 is 6.09 Å². The Morgan fingerprint density at radius 2 is 1.09 bits per heavy atom. The van der Waals surface area contributed by atoms with Crippen molar-refractivity contribution in [2.24, 2.45) is 0 Å². The number of nitrogens with zero attached hydrogens (tertiary/aromatic N) is 1. The lowest BCUT2D eigenvalue weighted by Crippen LogP contribution is -2.54. The zero-order chi connectivity index (χ0) is 41.1. The molecule has 57 heavy (non-hydrogen) atoms. The van der Waals surface area contributed by atoms with Crippen LogP contribution in [0.5, 0.6) is 0 Å². The molecule has 3 rings (SSSR count). The predicted octanol–water partition coefficient (Wildman–Crippen LogP) is 1.17. The van der Waals surface area contributed by atoms with Crippen LogP contribution in [-0.4, -0.2) is 178 Å². The van der Waals surface area contributed by atoms with E-state index in [2.05, 4.69) is 16.0 Å². The SMILES string of the molecule is CC(C)(C)OC(=O)NCCOCCOCCOCCOCCOCCOCCOCCOCCOCCNc1cccc2c1C(=O)N(C1CCC(=O)NC1=O)C2=O. The van der Waals surface area contributed by atoms with E-state index < -0.39 is 41.4 Å². The molecule has 1 aromatic carbocycles. The van der Waals surface area contributed by atoms with E-state index in [4.69, 9.17) is 47.4 Å². The second-order valence-corrected chi connectivity index (χ2v) is 13.5. The number of benzene rings is 1. The summed E-state index contributed by atoms with van der Waals surface area (Å²) in [5.74, 6) is -2.18. The lowest BCUT2D eigenvalue weighted by Gasteiger charge is -2.27. The lowest BCUT2D eigenvalue weighted by molar-refractivity contribution is -0.136. The van der Waals surface area contributed by atoms with Crippen LogP contribution in [0.3, 0.4) is 0 Å². The molecule has 0 aliphatic carbocycles. The third-order valence-electron chi connectivity index (χ3n) is 7.92.